The van der Waals surface area contributed by atoms with Gasteiger partial charge in [-0.3, -0.25) is 0 Å². The van der Waals surface area contributed by atoms with Gasteiger partial charge in [-0.15, -0.1) is 0 Å². The van der Waals surface area contributed by atoms with Gasteiger partial charge in [0.25, 0.3) is 0 Å². The van der Waals surface area contributed by atoms with Crippen molar-refractivity contribution in [2.24, 2.45) is 5.92 Å². The summed E-state index contributed by atoms with van der Waals surface area (Å²) in [5.74, 6) is 0.684. The summed E-state index contributed by atoms with van der Waals surface area (Å²) in [4.78, 5) is 0. The highest BCUT2D eigenvalue weighted by Crippen LogP contribution is 2.21. The lowest BCUT2D eigenvalue weighted by Gasteiger charge is -2.09. The fourth-order valence-corrected chi connectivity index (χ4v) is 1.92. The Morgan fingerprint density at radius 2 is 2.00 bits per heavy atom. The van der Waals surface area contributed by atoms with Crippen molar-refractivity contribution in [1.82, 2.24) is 0 Å². The van der Waals surface area contributed by atoms with E-state index in [0.717, 1.165) is 6.42 Å². The molecule has 0 saturated heterocycles. The molecule has 0 aromatic heterocycles. The Hall–Kier alpha value is -1.56. The first kappa shape index (κ1) is 10.9. The average molecular weight is 210 g/mol. The normalized spacial score (nSPS) is 20.1. The third-order valence-electron chi connectivity index (χ3n) is 3.03. The maximum atomic E-state index is 2.34. The molecule has 1 unspecified atom stereocenters. The molecular weight excluding hydrogens is 192 g/mol. The average Bonchev–Trinajstić information content (AvgIpc) is 2.30. The van der Waals surface area contributed by atoms with E-state index in [9.17, 15) is 0 Å². The van der Waals surface area contributed by atoms with Gasteiger partial charge in [0.1, 0.15) is 0 Å². The van der Waals surface area contributed by atoms with Gasteiger partial charge in [-0.1, -0.05) is 67.6 Å². The third-order valence-corrected chi connectivity index (χ3v) is 3.03. The first-order valence-corrected chi connectivity index (χ1v) is 6.00. The van der Waals surface area contributed by atoms with Crippen molar-refractivity contribution in [3.8, 4) is 0 Å². The fourth-order valence-electron chi connectivity index (χ4n) is 1.92. The van der Waals surface area contributed by atoms with Gasteiger partial charge in [-0.05, 0) is 29.9 Å². The molecule has 1 aliphatic carbocycles. The second kappa shape index (κ2) is 5.50. The van der Waals surface area contributed by atoms with Crippen molar-refractivity contribution in [3.63, 3.8) is 0 Å². The summed E-state index contributed by atoms with van der Waals surface area (Å²) >= 11 is 0. The summed E-state index contributed by atoms with van der Waals surface area (Å²) in [6.07, 6.45) is 13.6. The van der Waals surface area contributed by atoms with Crippen molar-refractivity contribution >= 4 is 5.57 Å². The zero-order chi connectivity index (χ0) is 11.2. The Labute approximate surface area is 98.0 Å². The van der Waals surface area contributed by atoms with Crippen LogP contribution in [0.5, 0.6) is 0 Å². The first-order valence-electron chi connectivity index (χ1n) is 6.00. The highest BCUT2D eigenvalue weighted by atomic mass is 14.1. The van der Waals surface area contributed by atoms with E-state index in [1.807, 2.05) is 0 Å². The van der Waals surface area contributed by atoms with Crippen LogP contribution in [0.1, 0.15) is 25.3 Å². The highest BCUT2D eigenvalue weighted by Gasteiger charge is 2.02. The molecule has 0 saturated carbocycles. The van der Waals surface area contributed by atoms with Crippen LogP contribution in [0.25, 0.3) is 5.57 Å². The van der Waals surface area contributed by atoms with Gasteiger partial charge in [0.15, 0.2) is 0 Å². The second-order valence-corrected chi connectivity index (χ2v) is 4.18. The van der Waals surface area contributed by atoms with E-state index < -0.39 is 0 Å². The molecule has 0 nitrogen and oxygen atoms in total. The molecular formula is C16H18. The number of hydrogen-bond acceptors (Lipinski definition) is 0. The standard InChI is InChI=1S/C16H18/c1-2-14-8-6-7-11-16(13-12-14)15-9-4-3-5-10-15/h3-7,9-14H,2,8H2,1H3. The summed E-state index contributed by atoms with van der Waals surface area (Å²) in [5.41, 5.74) is 2.59. The molecule has 16 heavy (non-hydrogen) atoms. The molecule has 0 heterocycles. The van der Waals surface area contributed by atoms with Gasteiger partial charge < -0.3 is 0 Å². The Kier molecular flexibility index (Phi) is 3.76. The molecule has 0 spiro atoms. The number of hydrogen-bond donors (Lipinski definition) is 0. The molecule has 0 amide bonds. The molecule has 0 fully saturated rings. The minimum atomic E-state index is 0.684. The topological polar surface area (TPSA) is 0 Å². The molecule has 82 valence electrons. The smallest absolute Gasteiger partial charge is 0.0184 e. The molecule has 0 heteroatoms. The predicted molar refractivity (Wildman–Crippen MR) is 71.1 cm³/mol. The van der Waals surface area contributed by atoms with Crippen molar-refractivity contribution in [2.45, 2.75) is 19.8 Å². The monoisotopic (exact) mass is 210 g/mol. The Balaban J connectivity index is 2.27. The van der Waals surface area contributed by atoms with E-state index >= 15 is 0 Å². The van der Waals surface area contributed by atoms with Crippen molar-refractivity contribution in [2.75, 3.05) is 0 Å². The fraction of sp³-hybridized carbons (Fsp3) is 0.250. The van der Waals surface area contributed by atoms with Gasteiger partial charge in [0, 0.05) is 0 Å². The molecule has 0 bridgehead atoms. The van der Waals surface area contributed by atoms with E-state index in [0.29, 0.717) is 5.92 Å². The number of benzene rings is 1. The summed E-state index contributed by atoms with van der Waals surface area (Å²) in [7, 11) is 0. The van der Waals surface area contributed by atoms with Gasteiger partial charge in [-0.2, -0.15) is 0 Å². The summed E-state index contributed by atoms with van der Waals surface area (Å²) in [6.45, 7) is 2.25. The minimum absolute atomic E-state index is 0.684. The molecule has 1 atom stereocenters. The lowest BCUT2D eigenvalue weighted by molar-refractivity contribution is 0.638. The van der Waals surface area contributed by atoms with Gasteiger partial charge in [0.2, 0.25) is 0 Å². The summed E-state index contributed by atoms with van der Waals surface area (Å²) < 4.78 is 0. The van der Waals surface area contributed by atoms with Crippen LogP contribution in [0.15, 0.2) is 60.7 Å². The van der Waals surface area contributed by atoms with E-state index in [4.69, 9.17) is 0 Å². The Bertz CT molecular complexity index is 407. The Morgan fingerprint density at radius 1 is 1.19 bits per heavy atom. The number of allylic oxidation sites excluding steroid dienone is 6. The van der Waals surface area contributed by atoms with Crippen LogP contribution in [-0.4, -0.2) is 0 Å². The van der Waals surface area contributed by atoms with Crippen molar-refractivity contribution < 1.29 is 0 Å². The maximum Gasteiger partial charge on any atom is -0.0184 e. The minimum Gasteiger partial charge on any atom is -0.0839 e. The largest absolute Gasteiger partial charge is 0.0839 e. The zero-order valence-corrected chi connectivity index (χ0v) is 9.77. The van der Waals surface area contributed by atoms with Crippen LogP contribution >= 0.6 is 0 Å². The van der Waals surface area contributed by atoms with Gasteiger partial charge in [-0.25, -0.2) is 0 Å². The molecule has 0 N–H and O–H groups in total. The van der Waals surface area contributed by atoms with E-state index in [1.165, 1.54) is 17.6 Å². The quantitative estimate of drug-likeness (QED) is 0.668. The lowest BCUT2D eigenvalue weighted by atomic mass is 9.96. The van der Waals surface area contributed by atoms with Crippen LogP contribution in [0.3, 0.4) is 0 Å². The molecule has 1 aromatic carbocycles. The lowest BCUT2D eigenvalue weighted by Crippen LogP contribution is -1.93. The molecule has 2 rings (SSSR count). The second-order valence-electron chi connectivity index (χ2n) is 4.18. The van der Waals surface area contributed by atoms with Crippen LogP contribution < -0.4 is 0 Å². The van der Waals surface area contributed by atoms with Crippen LogP contribution in [0.2, 0.25) is 0 Å². The highest BCUT2D eigenvalue weighted by molar-refractivity contribution is 5.75. The molecule has 1 aromatic rings. The maximum absolute atomic E-state index is 2.34. The van der Waals surface area contributed by atoms with Gasteiger partial charge >= 0.3 is 0 Å². The van der Waals surface area contributed by atoms with Crippen LogP contribution in [0.4, 0.5) is 0 Å². The third kappa shape index (κ3) is 2.73. The van der Waals surface area contributed by atoms with Crippen molar-refractivity contribution in [1.29, 1.82) is 0 Å². The van der Waals surface area contributed by atoms with E-state index in [-0.39, 0.29) is 0 Å². The molecule has 1 aliphatic rings. The van der Waals surface area contributed by atoms with E-state index in [1.54, 1.807) is 0 Å². The molecule has 0 aliphatic heterocycles. The SMILES string of the molecule is CCC1C=CC(c2ccccc2)=CC=CC1. The van der Waals surface area contributed by atoms with Gasteiger partial charge in [0.05, 0.1) is 0 Å². The van der Waals surface area contributed by atoms with Crippen LogP contribution in [-0.2, 0) is 0 Å². The first-order chi connectivity index (χ1) is 7.90. The Morgan fingerprint density at radius 3 is 2.75 bits per heavy atom. The predicted octanol–water partition coefficient (Wildman–Crippen LogP) is 4.61. The van der Waals surface area contributed by atoms with E-state index in [2.05, 4.69) is 67.6 Å². The number of rotatable bonds is 2. The van der Waals surface area contributed by atoms with Crippen molar-refractivity contribution in [3.05, 3.63) is 66.3 Å². The molecule has 0 radical (unpaired) electrons. The summed E-state index contributed by atoms with van der Waals surface area (Å²) in [5, 5.41) is 0. The zero-order valence-electron chi connectivity index (χ0n) is 9.77. The summed E-state index contributed by atoms with van der Waals surface area (Å²) in [6, 6.07) is 10.5. The van der Waals surface area contributed by atoms with Crippen LogP contribution in [0, 0.1) is 5.92 Å².